The Morgan fingerprint density at radius 2 is 2.20 bits per heavy atom. The fourth-order valence-corrected chi connectivity index (χ4v) is 2.20. The summed E-state index contributed by atoms with van der Waals surface area (Å²) in [7, 11) is 0. The van der Waals surface area contributed by atoms with Crippen molar-refractivity contribution >= 4 is 15.9 Å². The first-order chi connectivity index (χ1) is 7.08. The normalized spacial score (nSPS) is 19.9. The first-order valence-electron chi connectivity index (χ1n) is 5.26. The maximum absolute atomic E-state index is 9.55. The van der Waals surface area contributed by atoms with Crippen LogP contribution >= 0.6 is 15.9 Å². The van der Waals surface area contributed by atoms with Crippen molar-refractivity contribution in [1.82, 2.24) is 0 Å². The molecule has 1 heterocycles. The minimum Gasteiger partial charge on any atom is -0.507 e. The summed E-state index contributed by atoms with van der Waals surface area (Å²) in [6.45, 7) is 4.34. The van der Waals surface area contributed by atoms with E-state index in [0.717, 1.165) is 24.2 Å². The van der Waals surface area contributed by atoms with Gasteiger partial charge in [0.15, 0.2) is 0 Å². The van der Waals surface area contributed by atoms with E-state index in [2.05, 4.69) is 29.8 Å². The lowest BCUT2D eigenvalue weighted by Gasteiger charge is -2.29. The fraction of sp³-hybridized carbons (Fsp3) is 0.500. The number of phenolic OH excluding ortho intramolecular Hbond substituents is 1. The molecule has 1 atom stereocenters. The van der Waals surface area contributed by atoms with Crippen molar-refractivity contribution in [3.8, 4) is 11.5 Å². The lowest BCUT2D eigenvalue weighted by Crippen LogP contribution is -2.27. The van der Waals surface area contributed by atoms with Gasteiger partial charge in [0.25, 0.3) is 0 Å². The molecule has 1 N–H and O–H groups in total. The van der Waals surface area contributed by atoms with Crippen LogP contribution in [0.25, 0.3) is 0 Å². The number of rotatable bonds is 1. The van der Waals surface area contributed by atoms with Gasteiger partial charge in [-0.05, 0) is 52.4 Å². The monoisotopic (exact) mass is 270 g/mol. The van der Waals surface area contributed by atoms with Gasteiger partial charge in [-0.2, -0.15) is 0 Å². The number of aromatic hydroxyl groups is 1. The molecule has 82 valence electrons. The number of hydrogen-bond acceptors (Lipinski definition) is 2. The van der Waals surface area contributed by atoms with Gasteiger partial charge in [0.2, 0.25) is 0 Å². The number of aryl methyl sites for hydroxylation is 1. The number of ether oxygens (including phenoxy) is 1. The van der Waals surface area contributed by atoms with Crippen LogP contribution in [-0.2, 0) is 6.42 Å². The highest BCUT2D eigenvalue weighted by molar-refractivity contribution is 9.10. The van der Waals surface area contributed by atoms with Crippen LogP contribution in [0, 0.1) is 5.92 Å². The van der Waals surface area contributed by atoms with Crippen molar-refractivity contribution in [3.63, 3.8) is 0 Å². The zero-order valence-corrected chi connectivity index (χ0v) is 10.5. The van der Waals surface area contributed by atoms with E-state index in [9.17, 15) is 5.11 Å². The van der Waals surface area contributed by atoms with E-state index in [4.69, 9.17) is 4.74 Å². The van der Waals surface area contributed by atoms with Crippen LogP contribution in [0.4, 0.5) is 0 Å². The molecule has 0 aliphatic carbocycles. The number of phenols is 1. The van der Waals surface area contributed by atoms with Crippen LogP contribution in [-0.4, -0.2) is 11.2 Å². The van der Waals surface area contributed by atoms with Crippen LogP contribution in [0.1, 0.15) is 25.8 Å². The maximum atomic E-state index is 9.55. The van der Waals surface area contributed by atoms with Crippen molar-refractivity contribution < 1.29 is 9.84 Å². The van der Waals surface area contributed by atoms with Gasteiger partial charge in [-0.25, -0.2) is 0 Å². The Kier molecular flexibility index (Phi) is 2.91. The minimum atomic E-state index is 0.292. The molecule has 0 spiro atoms. The van der Waals surface area contributed by atoms with Crippen LogP contribution in [0.5, 0.6) is 11.5 Å². The molecule has 0 fully saturated rings. The van der Waals surface area contributed by atoms with Crippen LogP contribution in [0.3, 0.4) is 0 Å². The minimum absolute atomic E-state index is 0.292. The molecule has 15 heavy (non-hydrogen) atoms. The number of halogens is 1. The van der Waals surface area contributed by atoms with E-state index >= 15 is 0 Å². The SMILES string of the molecule is CC(C)C1CCc2cc(O)c(Br)cc2O1. The summed E-state index contributed by atoms with van der Waals surface area (Å²) in [6, 6.07) is 3.65. The standard InChI is InChI=1S/C12H15BrO2/c1-7(2)11-4-3-8-5-10(14)9(13)6-12(8)15-11/h5-7,11,14H,3-4H2,1-2H3. The number of fused-ring (bicyclic) bond motifs is 1. The second kappa shape index (κ2) is 4.05. The molecule has 3 heteroatoms. The molecule has 0 saturated heterocycles. The maximum Gasteiger partial charge on any atom is 0.130 e. The summed E-state index contributed by atoms with van der Waals surface area (Å²) in [6.07, 6.45) is 2.32. The van der Waals surface area contributed by atoms with Gasteiger partial charge in [0, 0.05) is 0 Å². The average Bonchev–Trinajstić information content (AvgIpc) is 2.19. The molecular weight excluding hydrogens is 256 g/mol. The van der Waals surface area contributed by atoms with E-state index in [1.54, 1.807) is 6.07 Å². The van der Waals surface area contributed by atoms with Crippen molar-refractivity contribution in [3.05, 3.63) is 22.2 Å². The molecule has 1 unspecified atom stereocenters. The lowest BCUT2D eigenvalue weighted by atomic mass is 9.95. The molecule has 0 radical (unpaired) electrons. The van der Waals surface area contributed by atoms with E-state index in [1.165, 1.54) is 0 Å². The Balaban J connectivity index is 2.30. The summed E-state index contributed by atoms with van der Waals surface area (Å²) in [5.74, 6) is 1.73. The molecule has 1 aromatic carbocycles. The summed E-state index contributed by atoms with van der Waals surface area (Å²) < 4.78 is 6.59. The quantitative estimate of drug-likeness (QED) is 0.847. The zero-order chi connectivity index (χ0) is 11.0. The second-order valence-corrected chi connectivity index (χ2v) is 5.20. The highest BCUT2D eigenvalue weighted by Crippen LogP contribution is 2.37. The van der Waals surface area contributed by atoms with Crippen molar-refractivity contribution in [2.45, 2.75) is 32.8 Å². The van der Waals surface area contributed by atoms with Gasteiger partial charge in [0.1, 0.15) is 17.6 Å². The summed E-state index contributed by atoms with van der Waals surface area (Å²) in [4.78, 5) is 0. The third kappa shape index (κ3) is 2.12. The molecule has 1 aliphatic rings. The molecule has 1 aromatic rings. The smallest absolute Gasteiger partial charge is 0.130 e. The summed E-state index contributed by atoms with van der Waals surface area (Å²) >= 11 is 3.30. The van der Waals surface area contributed by atoms with Crippen molar-refractivity contribution in [1.29, 1.82) is 0 Å². The fourth-order valence-electron chi connectivity index (χ4n) is 1.88. The first kappa shape index (κ1) is 10.8. The zero-order valence-electron chi connectivity index (χ0n) is 8.96. The van der Waals surface area contributed by atoms with E-state index < -0.39 is 0 Å². The molecule has 1 aliphatic heterocycles. The summed E-state index contributed by atoms with van der Waals surface area (Å²) in [5.41, 5.74) is 1.10. The van der Waals surface area contributed by atoms with Crippen LogP contribution in [0.2, 0.25) is 0 Å². The van der Waals surface area contributed by atoms with E-state index in [-0.39, 0.29) is 0 Å². The molecule has 0 aromatic heterocycles. The number of benzene rings is 1. The molecule has 0 bridgehead atoms. The Labute approximate surface area is 98.4 Å². The second-order valence-electron chi connectivity index (χ2n) is 4.35. The highest BCUT2D eigenvalue weighted by Gasteiger charge is 2.23. The first-order valence-corrected chi connectivity index (χ1v) is 6.05. The van der Waals surface area contributed by atoms with Gasteiger partial charge < -0.3 is 9.84 Å². The Hall–Kier alpha value is -0.700. The van der Waals surface area contributed by atoms with Gasteiger partial charge in [-0.15, -0.1) is 0 Å². The predicted molar refractivity (Wildman–Crippen MR) is 63.4 cm³/mol. The molecular formula is C12H15BrO2. The van der Waals surface area contributed by atoms with Gasteiger partial charge in [-0.3, -0.25) is 0 Å². The third-order valence-corrected chi connectivity index (χ3v) is 3.49. The van der Waals surface area contributed by atoms with Crippen LogP contribution < -0.4 is 4.74 Å². The average molecular weight is 271 g/mol. The predicted octanol–water partition coefficient (Wildman–Crippen LogP) is 3.50. The summed E-state index contributed by atoms with van der Waals surface area (Å²) in [5, 5.41) is 9.55. The van der Waals surface area contributed by atoms with Gasteiger partial charge in [0.05, 0.1) is 4.47 Å². The highest BCUT2D eigenvalue weighted by atomic mass is 79.9. The molecule has 2 rings (SSSR count). The third-order valence-electron chi connectivity index (χ3n) is 2.85. The van der Waals surface area contributed by atoms with Crippen LogP contribution in [0.15, 0.2) is 16.6 Å². The van der Waals surface area contributed by atoms with Gasteiger partial charge in [-0.1, -0.05) is 13.8 Å². The van der Waals surface area contributed by atoms with Crippen molar-refractivity contribution in [2.75, 3.05) is 0 Å². The largest absolute Gasteiger partial charge is 0.507 e. The topological polar surface area (TPSA) is 29.5 Å². The molecule has 0 amide bonds. The van der Waals surface area contributed by atoms with E-state index in [1.807, 2.05) is 6.07 Å². The Morgan fingerprint density at radius 1 is 1.47 bits per heavy atom. The van der Waals surface area contributed by atoms with Crippen molar-refractivity contribution in [2.24, 2.45) is 5.92 Å². The Bertz CT molecular complexity index is 374. The van der Waals surface area contributed by atoms with E-state index in [0.29, 0.717) is 22.2 Å². The lowest BCUT2D eigenvalue weighted by molar-refractivity contribution is 0.127. The molecule has 0 saturated carbocycles. The molecule has 2 nitrogen and oxygen atoms in total. The Morgan fingerprint density at radius 3 is 2.87 bits per heavy atom. The number of hydrogen-bond donors (Lipinski definition) is 1. The van der Waals surface area contributed by atoms with Gasteiger partial charge >= 0.3 is 0 Å².